The van der Waals surface area contributed by atoms with Crippen molar-refractivity contribution in [2.45, 2.75) is 36.1 Å². The Labute approximate surface area is 218 Å². The second kappa shape index (κ2) is 9.62. The molecule has 0 radical (unpaired) electrons. The highest BCUT2D eigenvalue weighted by molar-refractivity contribution is 5.81. The SMILES string of the molecule is Nc1ncnc2c1ncn2[C@@H]1O[C@H](C(O)C(c2ccccc2)(c2ccccc2)c2ccccc2)[C@@H](O)[C@H]1O. The molecule has 9 nitrogen and oxygen atoms in total. The van der Waals surface area contributed by atoms with Crippen LogP contribution >= 0.6 is 0 Å². The van der Waals surface area contributed by atoms with Crippen LogP contribution in [0, 0.1) is 0 Å². The van der Waals surface area contributed by atoms with Crippen molar-refractivity contribution < 1.29 is 20.1 Å². The zero-order chi connectivity index (χ0) is 26.3. The maximum atomic E-state index is 12.3. The van der Waals surface area contributed by atoms with Gasteiger partial charge in [-0.3, -0.25) is 4.57 Å². The monoisotopic (exact) mass is 509 g/mol. The summed E-state index contributed by atoms with van der Waals surface area (Å²) in [5.41, 5.74) is 7.95. The number of nitrogen functional groups attached to an aromatic ring is 1. The van der Waals surface area contributed by atoms with E-state index < -0.39 is 36.1 Å². The van der Waals surface area contributed by atoms with Gasteiger partial charge >= 0.3 is 0 Å². The fourth-order valence-corrected chi connectivity index (χ4v) is 5.59. The first-order valence-electron chi connectivity index (χ1n) is 12.3. The van der Waals surface area contributed by atoms with E-state index in [2.05, 4.69) is 15.0 Å². The van der Waals surface area contributed by atoms with Crippen molar-refractivity contribution >= 4 is 17.0 Å². The minimum absolute atomic E-state index is 0.189. The first-order chi connectivity index (χ1) is 18.5. The van der Waals surface area contributed by atoms with Crippen LogP contribution in [0.25, 0.3) is 11.2 Å². The van der Waals surface area contributed by atoms with Crippen molar-refractivity contribution in [3.8, 4) is 0 Å². The zero-order valence-corrected chi connectivity index (χ0v) is 20.3. The number of rotatable bonds is 6. The molecule has 1 saturated heterocycles. The molecule has 0 spiro atoms. The van der Waals surface area contributed by atoms with Crippen molar-refractivity contribution in [1.29, 1.82) is 0 Å². The molecule has 1 aliphatic rings. The second-order valence-electron chi connectivity index (χ2n) is 9.41. The van der Waals surface area contributed by atoms with Gasteiger partial charge in [0.05, 0.1) is 11.7 Å². The highest BCUT2D eigenvalue weighted by Gasteiger charge is 2.55. The van der Waals surface area contributed by atoms with E-state index in [1.54, 1.807) is 0 Å². The molecular formula is C29H27N5O4. The Kier molecular flexibility index (Phi) is 6.13. The molecule has 1 aliphatic heterocycles. The van der Waals surface area contributed by atoms with Gasteiger partial charge in [-0.1, -0.05) is 91.0 Å². The van der Waals surface area contributed by atoms with E-state index in [9.17, 15) is 15.3 Å². The van der Waals surface area contributed by atoms with Crippen molar-refractivity contribution in [3.05, 3.63) is 120 Å². The summed E-state index contributed by atoms with van der Waals surface area (Å²) in [5.74, 6) is 0.189. The Bertz CT molecular complexity index is 1430. The third-order valence-corrected chi connectivity index (χ3v) is 7.38. The molecule has 38 heavy (non-hydrogen) atoms. The average molecular weight is 510 g/mol. The van der Waals surface area contributed by atoms with Gasteiger partial charge in [0.1, 0.15) is 36.3 Å². The molecule has 5 atom stereocenters. The molecule has 0 amide bonds. The third kappa shape index (κ3) is 3.67. The van der Waals surface area contributed by atoms with Crippen molar-refractivity contribution in [1.82, 2.24) is 19.5 Å². The zero-order valence-electron chi connectivity index (χ0n) is 20.3. The van der Waals surface area contributed by atoms with Gasteiger partial charge in [-0.15, -0.1) is 0 Å². The Morgan fingerprint density at radius 2 is 1.29 bits per heavy atom. The normalized spacial score (nSPS) is 22.5. The summed E-state index contributed by atoms with van der Waals surface area (Å²) in [4.78, 5) is 12.5. The van der Waals surface area contributed by atoms with Crippen LogP contribution in [0.2, 0.25) is 0 Å². The molecule has 9 heteroatoms. The summed E-state index contributed by atoms with van der Waals surface area (Å²) >= 11 is 0. The Balaban J connectivity index is 1.50. The molecule has 0 bridgehead atoms. The van der Waals surface area contributed by atoms with Gasteiger partial charge in [0, 0.05) is 0 Å². The molecule has 0 saturated carbocycles. The number of anilines is 1. The number of aliphatic hydroxyl groups excluding tert-OH is 3. The highest BCUT2D eigenvalue weighted by Crippen LogP contribution is 2.46. The highest BCUT2D eigenvalue weighted by atomic mass is 16.6. The molecule has 1 unspecified atom stereocenters. The summed E-state index contributed by atoms with van der Waals surface area (Å²) in [7, 11) is 0. The number of benzene rings is 3. The fraction of sp³-hybridized carbons (Fsp3) is 0.207. The fourth-order valence-electron chi connectivity index (χ4n) is 5.59. The quantitative estimate of drug-likeness (QED) is 0.256. The maximum Gasteiger partial charge on any atom is 0.167 e. The molecule has 1 fully saturated rings. The van der Waals surface area contributed by atoms with Crippen LogP contribution in [0.15, 0.2) is 104 Å². The summed E-state index contributed by atoms with van der Waals surface area (Å²) in [6.45, 7) is 0. The van der Waals surface area contributed by atoms with Crippen LogP contribution in [0.4, 0.5) is 5.82 Å². The van der Waals surface area contributed by atoms with E-state index in [0.717, 1.165) is 16.7 Å². The number of aliphatic hydroxyl groups is 3. The second-order valence-corrected chi connectivity index (χ2v) is 9.41. The lowest BCUT2D eigenvalue weighted by Gasteiger charge is -2.42. The lowest BCUT2D eigenvalue weighted by Crippen LogP contribution is -2.52. The van der Waals surface area contributed by atoms with E-state index in [1.165, 1.54) is 17.2 Å². The van der Waals surface area contributed by atoms with Crippen molar-refractivity contribution in [3.63, 3.8) is 0 Å². The molecule has 6 rings (SSSR count). The molecule has 5 N–H and O–H groups in total. The van der Waals surface area contributed by atoms with Crippen LogP contribution in [-0.2, 0) is 10.2 Å². The van der Waals surface area contributed by atoms with E-state index >= 15 is 0 Å². The summed E-state index contributed by atoms with van der Waals surface area (Å²) < 4.78 is 7.79. The predicted octanol–water partition coefficient (Wildman–Crippen LogP) is 2.42. The molecule has 5 aromatic rings. The topological polar surface area (TPSA) is 140 Å². The Hall–Kier alpha value is -4.15. The lowest BCUT2D eigenvalue weighted by molar-refractivity contribution is -0.0972. The molecule has 3 heterocycles. The van der Waals surface area contributed by atoms with Crippen molar-refractivity contribution in [2.24, 2.45) is 0 Å². The van der Waals surface area contributed by atoms with Gasteiger partial charge in [0.25, 0.3) is 0 Å². The van der Waals surface area contributed by atoms with Gasteiger partial charge in [-0.25, -0.2) is 15.0 Å². The van der Waals surface area contributed by atoms with Crippen LogP contribution in [0.1, 0.15) is 22.9 Å². The first-order valence-corrected chi connectivity index (χ1v) is 12.3. The first kappa shape index (κ1) is 24.2. The molecule has 3 aromatic carbocycles. The van der Waals surface area contributed by atoms with Gasteiger partial charge in [-0.2, -0.15) is 0 Å². The number of nitrogens with zero attached hydrogens (tertiary/aromatic N) is 4. The van der Waals surface area contributed by atoms with Gasteiger partial charge in [0.15, 0.2) is 17.7 Å². The van der Waals surface area contributed by atoms with Crippen LogP contribution in [0.5, 0.6) is 0 Å². The average Bonchev–Trinajstić information content (AvgIpc) is 3.52. The number of imidazole rings is 1. The number of aromatic nitrogens is 4. The lowest BCUT2D eigenvalue weighted by atomic mass is 9.64. The van der Waals surface area contributed by atoms with Gasteiger partial charge in [0.2, 0.25) is 0 Å². The van der Waals surface area contributed by atoms with E-state index in [1.807, 2.05) is 91.0 Å². The minimum Gasteiger partial charge on any atom is -0.389 e. The number of ether oxygens (including phenoxy) is 1. The number of nitrogens with two attached hydrogens (primary N) is 1. The number of fused-ring (bicyclic) bond motifs is 1. The number of hydrogen-bond acceptors (Lipinski definition) is 8. The van der Waals surface area contributed by atoms with Crippen molar-refractivity contribution in [2.75, 3.05) is 5.73 Å². The summed E-state index contributed by atoms with van der Waals surface area (Å²) in [5, 5.41) is 34.8. The Morgan fingerprint density at radius 1 is 0.763 bits per heavy atom. The van der Waals surface area contributed by atoms with E-state index in [-0.39, 0.29) is 5.82 Å². The van der Waals surface area contributed by atoms with Crippen LogP contribution in [-0.4, -0.2) is 59.3 Å². The minimum atomic E-state index is -1.41. The molecular weight excluding hydrogens is 482 g/mol. The molecule has 192 valence electrons. The van der Waals surface area contributed by atoms with Gasteiger partial charge in [-0.05, 0) is 16.7 Å². The molecule has 2 aromatic heterocycles. The Morgan fingerprint density at radius 3 is 1.82 bits per heavy atom. The smallest absolute Gasteiger partial charge is 0.167 e. The summed E-state index contributed by atoms with van der Waals surface area (Å²) in [6, 6.07) is 28.9. The van der Waals surface area contributed by atoms with E-state index in [4.69, 9.17) is 10.5 Å². The molecule has 0 aliphatic carbocycles. The third-order valence-electron chi connectivity index (χ3n) is 7.38. The standard InChI is InChI=1S/C29H27N5O4/c30-26-21-27(32-16-31-26)34(17-33-21)28-23(36)22(35)24(38-28)25(37)29(18-10-4-1-5-11-18,19-12-6-2-7-13-19)20-14-8-3-9-15-20/h1-17,22-25,28,35-37H,(H2,30,31,32)/t22-,23+,24-,25?,28+/m0/s1. The predicted molar refractivity (Wildman–Crippen MR) is 141 cm³/mol. The van der Waals surface area contributed by atoms with E-state index in [0.29, 0.717) is 11.2 Å². The van der Waals surface area contributed by atoms with Crippen LogP contribution < -0.4 is 5.73 Å². The number of hydrogen-bond donors (Lipinski definition) is 4. The maximum absolute atomic E-state index is 12.3. The van der Waals surface area contributed by atoms with Crippen LogP contribution in [0.3, 0.4) is 0 Å². The summed E-state index contributed by atoms with van der Waals surface area (Å²) in [6.07, 6.45) is -3.60. The van der Waals surface area contributed by atoms with Gasteiger partial charge < -0.3 is 25.8 Å². The largest absolute Gasteiger partial charge is 0.389 e.